The Labute approximate surface area is 779 Å². The zero-order chi connectivity index (χ0) is 100. The predicted octanol–water partition coefficient (Wildman–Crippen LogP) is 20.5. The standard InChI is InChI=1S/C26H19F4N5O2.C25H17F4N5O2.C24H18F3N5O.C23H16F4N6O/c1-14(32-23-22-19(10-5-11-31-22)33-25(34-23)37-2)20-12-15-6-3-9-18(26(28,29)30)21(15)24(36)35(20)17-8-4-7-16(27)13-17;1-13(31-22-21-18(9-4-10-30-21)32-24(36)33-22)19-11-14-5-2-8-17(25(27,28)29)20(14)23(35)34(19)16-7-3-6-15(26)12-16;1-14(10-19-17(12-28)22(29)31-13-30-19)20-11-15-6-5-9-18(24(25,26)27)21(15)23(33)32(20)16-7-3-2-4-8-16;1-12(32-21-19(29-2)20(28)30-11-31-21)17-9-13-5-3-8-16(23(25,26)27)18(13)22(34)33(17)15-7-4-6-14(24)10-15/h3-14H,1-2H3,(H,32,33,34);2-13H,1H3,(H2,31,32,33,36);2-9,11,13-14H,10H2,1H3,(H2,29,30,31);3-12H,1H3,(H3,28,30,31,32)/t14-;13-;14-;12-/m0010/s1. The monoisotopic (exact) mass is 1920 g/mol. The minimum Gasteiger partial charge on any atom is -0.467 e. The Morgan fingerprint density at radius 1 is 0.429 bits per heavy atom. The molecule has 0 saturated carbocycles. The first-order valence-corrected chi connectivity index (χ1v) is 41.8. The SMILES string of the molecule is COc1nc(N[C@@H](C)c2cc3cccc(C(F)(F)F)c3c(=O)n2-c2cccc(F)c2)c2ncccc2n1.C[C@H](Cc1ncnc(N)c1C#N)c1cc2cccc(C(F)(F)F)c2c(=O)n1-c1ccccc1.C[C@H](Nc1nc(=O)[nH]c2cccnc12)c1cc2cccc(C(F)(F)F)c2c(=O)n1-c1cccc(F)c1.[C-]#[N+]c1c(N)ncnc1N[C@@H](C)c1cc2cccc(C(F)(F)F)c2c(=O)n1-c1cccc(F)c1. The summed E-state index contributed by atoms with van der Waals surface area (Å²) in [6, 6.07) is 50.1. The lowest BCUT2D eigenvalue weighted by Gasteiger charge is -2.22. The number of nitrogen functional groups attached to an aromatic ring is 2. The van der Waals surface area contributed by atoms with E-state index in [1.54, 1.807) is 87.6 Å². The number of alkyl halides is 12. The highest BCUT2D eigenvalue weighted by molar-refractivity contribution is 5.91. The third-order valence-electron chi connectivity index (χ3n) is 22.3. The fourth-order valence-corrected chi connectivity index (χ4v) is 16.1. The minimum absolute atomic E-state index is 0.0418. The van der Waals surface area contributed by atoms with E-state index in [4.69, 9.17) is 22.8 Å². The van der Waals surface area contributed by atoms with E-state index < -0.39 is 138 Å². The number of ether oxygens (including phenoxy) is 1. The van der Waals surface area contributed by atoms with Crippen LogP contribution in [0.1, 0.15) is 108 Å². The zero-order valence-electron chi connectivity index (χ0n) is 73.2. The first-order valence-electron chi connectivity index (χ1n) is 41.8. The summed E-state index contributed by atoms with van der Waals surface area (Å²) in [7, 11) is 1.41. The van der Waals surface area contributed by atoms with Crippen molar-refractivity contribution in [3.63, 3.8) is 0 Å². The molecule has 27 nitrogen and oxygen atoms in total. The van der Waals surface area contributed by atoms with E-state index in [-0.39, 0.29) is 108 Å². The van der Waals surface area contributed by atoms with Gasteiger partial charge in [-0.15, -0.1) is 0 Å². The number of aromatic nitrogens is 14. The molecule has 708 valence electrons. The summed E-state index contributed by atoms with van der Waals surface area (Å²) in [6.07, 6.45) is -13.3. The van der Waals surface area contributed by atoms with Gasteiger partial charge in [-0.3, -0.25) is 47.4 Å². The fraction of sp³-hybridized carbons (Fsp3) is 0.143. The number of nitriles is 1. The highest BCUT2D eigenvalue weighted by Crippen LogP contribution is 2.42. The molecule has 0 amide bonds. The summed E-state index contributed by atoms with van der Waals surface area (Å²) in [5.41, 5.74) is 7.03. The molecule has 42 heteroatoms. The van der Waals surface area contributed by atoms with Gasteiger partial charge in [0.15, 0.2) is 11.6 Å². The zero-order valence-corrected chi connectivity index (χ0v) is 73.2. The number of anilines is 5. The summed E-state index contributed by atoms with van der Waals surface area (Å²) in [5, 5.41) is 17.0. The van der Waals surface area contributed by atoms with Gasteiger partial charge in [0, 0.05) is 46.8 Å². The Balaban J connectivity index is 0.000000141. The van der Waals surface area contributed by atoms with Crippen LogP contribution in [0, 0.1) is 35.4 Å². The molecule has 10 heterocycles. The van der Waals surface area contributed by atoms with Crippen molar-refractivity contribution >= 4 is 99.9 Å². The summed E-state index contributed by atoms with van der Waals surface area (Å²) in [5.74, 6) is -1.90. The predicted molar refractivity (Wildman–Crippen MR) is 494 cm³/mol. The van der Waals surface area contributed by atoms with Gasteiger partial charge < -0.3 is 37.1 Å². The van der Waals surface area contributed by atoms with Crippen LogP contribution in [0.3, 0.4) is 0 Å². The number of H-pyrrole nitrogens is 1. The molecule has 0 aliphatic heterocycles. The van der Waals surface area contributed by atoms with Crippen LogP contribution < -0.4 is 60.1 Å². The molecular formula is C98H70F15N21O6. The number of pyridine rings is 6. The number of fused-ring (bicyclic) bond motifs is 6. The number of nitrogens with zero attached hydrogens (tertiary/aromatic N) is 15. The van der Waals surface area contributed by atoms with Crippen LogP contribution in [-0.2, 0) is 31.1 Å². The van der Waals surface area contributed by atoms with Gasteiger partial charge in [-0.05, 0) is 188 Å². The van der Waals surface area contributed by atoms with Crippen molar-refractivity contribution in [2.75, 3.05) is 34.5 Å². The van der Waals surface area contributed by atoms with Crippen molar-refractivity contribution in [2.45, 2.75) is 82.9 Å². The molecule has 0 radical (unpaired) electrons. The van der Waals surface area contributed by atoms with Crippen LogP contribution in [0.2, 0.25) is 0 Å². The van der Waals surface area contributed by atoms with Crippen LogP contribution >= 0.6 is 0 Å². The summed E-state index contributed by atoms with van der Waals surface area (Å²) < 4.78 is 217. The first-order chi connectivity index (χ1) is 66.6. The summed E-state index contributed by atoms with van der Waals surface area (Å²) in [6.45, 7) is 14.1. The van der Waals surface area contributed by atoms with E-state index in [2.05, 4.69) is 70.6 Å². The molecule has 0 spiro atoms. The van der Waals surface area contributed by atoms with Gasteiger partial charge >= 0.3 is 36.4 Å². The van der Waals surface area contributed by atoms with E-state index in [1.165, 1.54) is 133 Å². The van der Waals surface area contributed by atoms with E-state index in [0.29, 0.717) is 39.1 Å². The van der Waals surface area contributed by atoms with Crippen molar-refractivity contribution in [2.24, 2.45) is 0 Å². The summed E-state index contributed by atoms with van der Waals surface area (Å²) in [4.78, 5) is 109. The maximum atomic E-state index is 14.2. The Morgan fingerprint density at radius 3 is 1.22 bits per heavy atom. The third-order valence-corrected chi connectivity index (χ3v) is 22.3. The number of nitrogens with one attached hydrogen (secondary N) is 4. The van der Waals surface area contributed by atoms with Crippen molar-refractivity contribution in [3.05, 3.63) is 387 Å². The molecule has 10 aromatic heterocycles. The maximum absolute atomic E-state index is 14.2. The van der Waals surface area contributed by atoms with E-state index in [0.717, 1.165) is 74.6 Å². The Kier molecular flexibility index (Phi) is 27.2. The third kappa shape index (κ3) is 20.0. The molecule has 18 aromatic rings. The number of hydrogen-bond donors (Lipinski definition) is 6. The topological polar surface area (TPSA) is 362 Å². The Bertz CT molecular complexity index is 8310. The lowest BCUT2D eigenvalue weighted by atomic mass is 9.95. The molecule has 4 atom stereocenters. The van der Waals surface area contributed by atoms with Gasteiger partial charge in [0.2, 0.25) is 0 Å². The smallest absolute Gasteiger partial charge is 0.417 e. The number of methoxy groups -OCH3 is 1. The van der Waals surface area contributed by atoms with Crippen molar-refractivity contribution in [1.29, 1.82) is 5.26 Å². The number of para-hydroxylation sites is 1. The Morgan fingerprint density at radius 2 is 0.807 bits per heavy atom. The molecule has 0 saturated heterocycles. The normalized spacial score (nSPS) is 12.5. The average Bonchev–Trinajstić information content (AvgIpc) is 0.752. The molecule has 0 aliphatic rings. The highest BCUT2D eigenvalue weighted by atomic mass is 19.4. The fourth-order valence-electron chi connectivity index (χ4n) is 16.1. The van der Waals surface area contributed by atoms with Crippen LogP contribution in [0.4, 0.5) is 101 Å². The quantitative estimate of drug-likeness (QED) is 0.0364. The molecule has 0 aliphatic carbocycles. The lowest BCUT2D eigenvalue weighted by molar-refractivity contribution is -0.137. The highest BCUT2D eigenvalue weighted by Gasteiger charge is 2.39. The number of hydrogen-bond acceptors (Lipinski definition) is 21. The van der Waals surface area contributed by atoms with Crippen molar-refractivity contribution in [3.8, 4) is 34.8 Å². The van der Waals surface area contributed by atoms with Gasteiger partial charge in [-0.2, -0.15) is 72.9 Å². The van der Waals surface area contributed by atoms with Crippen LogP contribution in [0.15, 0.2) is 273 Å². The van der Waals surface area contributed by atoms with Crippen LogP contribution in [0.25, 0.3) is 92.8 Å². The van der Waals surface area contributed by atoms with Crippen molar-refractivity contribution in [1.82, 2.24) is 68.1 Å². The van der Waals surface area contributed by atoms with Gasteiger partial charge in [-0.25, -0.2) is 42.7 Å². The van der Waals surface area contributed by atoms with Gasteiger partial charge in [-0.1, -0.05) is 91.9 Å². The lowest BCUT2D eigenvalue weighted by Crippen LogP contribution is -2.27. The Hall–Kier alpha value is -17.7. The van der Waals surface area contributed by atoms with Gasteiger partial charge in [0.25, 0.3) is 27.9 Å². The average molecular weight is 1920 g/mol. The molecule has 8 N–H and O–H groups in total. The largest absolute Gasteiger partial charge is 0.467 e. The van der Waals surface area contributed by atoms with Crippen LogP contribution in [0.5, 0.6) is 6.01 Å². The van der Waals surface area contributed by atoms with E-state index >= 15 is 0 Å². The van der Waals surface area contributed by atoms with Gasteiger partial charge in [0.05, 0.1) is 109 Å². The second-order valence-electron chi connectivity index (χ2n) is 31.4. The molecular weight excluding hydrogens is 1850 g/mol. The number of benzene rings is 8. The number of halogens is 15. The minimum atomic E-state index is -4.77. The molecule has 18 rings (SSSR count). The number of aromatic amines is 1. The first kappa shape index (κ1) is 96.8. The van der Waals surface area contributed by atoms with E-state index in [1.807, 2.05) is 13.0 Å². The number of rotatable bonds is 17. The van der Waals surface area contributed by atoms with Crippen LogP contribution in [-0.4, -0.2) is 75.2 Å². The number of nitrogens with two attached hydrogens (primary N) is 2. The molecule has 0 bridgehead atoms. The van der Waals surface area contributed by atoms with Gasteiger partial charge in [0.1, 0.15) is 70.2 Å². The summed E-state index contributed by atoms with van der Waals surface area (Å²) >= 11 is 0. The molecule has 8 aromatic carbocycles. The van der Waals surface area contributed by atoms with Crippen molar-refractivity contribution < 1.29 is 70.6 Å². The maximum Gasteiger partial charge on any atom is 0.417 e. The molecule has 140 heavy (non-hydrogen) atoms. The second-order valence-corrected chi connectivity index (χ2v) is 31.4. The van der Waals surface area contributed by atoms with E-state index in [9.17, 15) is 95.1 Å². The second kappa shape index (κ2) is 39.3. The molecule has 0 unspecified atom stereocenters. The molecule has 0 fully saturated rings.